The predicted octanol–water partition coefficient (Wildman–Crippen LogP) is 3.73. The quantitative estimate of drug-likeness (QED) is 0.459. The summed E-state index contributed by atoms with van der Waals surface area (Å²) in [5, 5.41) is 9.58. The van der Waals surface area contributed by atoms with E-state index in [2.05, 4.69) is 38.6 Å². The molecule has 2 aliphatic heterocycles. The van der Waals surface area contributed by atoms with Crippen molar-refractivity contribution in [2.24, 2.45) is 0 Å². The number of fused-ring (bicyclic) bond motifs is 3. The first kappa shape index (κ1) is 20.0. The Morgan fingerprint density at radius 3 is 3.06 bits per heavy atom. The topological polar surface area (TPSA) is 87.2 Å². The maximum atomic E-state index is 12.2. The second kappa shape index (κ2) is 7.45. The van der Waals surface area contributed by atoms with Gasteiger partial charge in [-0.1, -0.05) is 24.2 Å². The van der Waals surface area contributed by atoms with Gasteiger partial charge in [-0.25, -0.2) is 9.97 Å². The van der Waals surface area contributed by atoms with Gasteiger partial charge in [0.25, 0.3) is 0 Å². The summed E-state index contributed by atoms with van der Waals surface area (Å²) in [4.78, 5) is 25.4. The Balaban J connectivity index is 1.53. The summed E-state index contributed by atoms with van der Waals surface area (Å²) in [6.45, 7) is 7.87. The average Bonchev–Trinajstić information content (AvgIpc) is 3.25. The molecule has 0 aliphatic carbocycles. The Labute approximate surface area is 194 Å². The lowest BCUT2D eigenvalue weighted by Crippen LogP contribution is -2.56. The van der Waals surface area contributed by atoms with Crippen molar-refractivity contribution in [3.8, 4) is 16.9 Å². The van der Waals surface area contributed by atoms with Crippen LogP contribution in [-0.2, 0) is 4.79 Å². The van der Waals surface area contributed by atoms with E-state index in [1.54, 1.807) is 11.2 Å². The van der Waals surface area contributed by atoms with Crippen LogP contribution >= 0.6 is 11.6 Å². The second-order valence-corrected chi connectivity index (χ2v) is 8.77. The first-order valence-electron chi connectivity index (χ1n) is 10.8. The summed E-state index contributed by atoms with van der Waals surface area (Å²) in [6, 6.07) is 6.01. The normalized spacial score (nSPS) is 17.6. The molecule has 4 aromatic rings. The number of amides is 1. The van der Waals surface area contributed by atoms with Gasteiger partial charge in [0.2, 0.25) is 5.91 Å². The number of aryl methyl sites for hydroxylation is 1. The summed E-state index contributed by atoms with van der Waals surface area (Å²) in [5.41, 5.74) is 4.51. The van der Waals surface area contributed by atoms with Gasteiger partial charge in [0.05, 0.1) is 33.7 Å². The first-order valence-corrected chi connectivity index (χ1v) is 11.2. The maximum absolute atomic E-state index is 12.2. The van der Waals surface area contributed by atoms with E-state index in [0.717, 1.165) is 38.8 Å². The number of carbonyl (C=O) groups is 1. The van der Waals surface area contributed by atoms with Crippen molar-refractivity contribution in [3.05, 3.63) is 54.0 Å². The van der Waals surface area contributed by atoms with E-state index in [1.807, 2.05) is 24.4 Å². The summed E-state index contributed by atoms with van der Waals surface area (Å²) in [6.07, 6.45) is 4.72. The van der Waals surface area contributed by atoms with Gasteiger partial charge < -0.3 is 14.5 Å². The molecule has 1 N–H and O–H groups in total. The molecule has 166 valence electrons. The molecular formula is C24H21ClN6O2. The highest BCUT2D eigenvalue weighted by atomic mass is 35.5. The number of carbonyl (C=O) groups excluding carboxylic acids is 1. The largest absolute Gasteiger partial charge is 0.490 e. The van der Waals surface area contributed by atoms with Gasteiger partial charge in [-0.05, 0) is 36.3 Å². The molecule has 6 rings (SSSR count). The third-order valence-electron chi connectivity index (χ3n) is 6.57. The van der Waals surface area contributed by atoms with Crippen LogP contribution in [0, 0.1) is 6.92 Å². The molecule has 0 bridgehead atoms. The number of piperazine rings is 1. The number of hydrogen-bond acceptors (Lipinski definition) is 6. The van der Waals surface area contributed by atoms with Crippen LogP contribution in [0.15, 0.2) is 43.4 Å². The van der Waals surface area contributed by atoms with Crippen molar-refractivity contribution in [2.45, 2.75) is 13.0 Å². The summed E-state index contributed by atoms with van der Waals surface area (Å²) in [5.74, 6) is 1.41. The van der Waals surface area contributed by atoms with Gasteiger partial charge in [0.15, 0.2) is 0 Å². The molecule has 0 radical (unpaired) electrons. The van der Waals surface area contributed by atoms with E-state index >= 15 is 0 Å². The lowest BCUT2D eigenvalue weighted by Gasteiger charge is -2.40. The Morgan fingerprint density at radius 2 is 2.21 bits per heavy atom. The van der Waals surface area contributed by atoms with E-state index in [9.17, 15) is 4.79 Å². The fraction of sp³-hybridized carbons (Fsp3) is 0.250. The number of anilines is 1. The summed E-state index contributed by atoms with van der Waals surface area (Å²) in [7, 11) is 0. The van der Waals surface area contributed by atoms with Crippen LogP contribution in [0.1, 0.15) is 5.56 Å². The number of ether oxygens (including phenoxy) is 1. The number of rotatable bonds is 2. The lowest BCUT2D eigenvalue weighted by molar-refractivity contribution is -0.126. The van der Waals surface area contributed by atoms with Crippen LogP contribution < -0.4 is 9.64 Å². The molecule has 2 aliphatic rings. The highest BCUT2D eigenvalue weighted by Crippen LogP contribution is 2.46. The van der Waals surface area contributed by atoms with Crippen molar-refractivity contribution in [3.63, 3.8) is 0 Å². The molecule has 1 fully saturated rings. The Kier molecular flexibility index (Phi) is 4.51. The van der Waals surface area contributed by atoms with Gasteiger partial charge in [0.1, 0.15) is 24.5 Å². The number of H-pyrrole nitrogens is 1. The van der Waals surface area contributed by atoms with Crippen molar-refractivity contribution in [1.29, 1.82) is 0 Å². The third kappa shape index (κ3) is 2.97. The molecular weight excluding hydrogens is 440 g/mol. The SMILES string of the molecule is C=CC(=O)N1CCN2c3ncnc4c(Cl)c(-c5c(C)ccc6[nH]ncc56)cc(c34)OC[C@@H]2C1. The van der Waals surface area contributed by atoms with E-state index in [0.29, 0.717) is 42.5 Å². The average molecular weight is 461 g/mol. The van der Waals surface area contributed by atoms with Gasteiger partial charge >= 0.3 is 0 Å². The fourth-order valence-corrected chi connectivity index (χ4v) is 5.25. The Hall–Kier alpha value is -3.65. The van der Waals surface area contributed by atoms with Gasteiger partial charge in [0, 0.05) is 30.6 Å². The van der Waals surface area contributed by atoms with Crippen molar-refractivity contribution < 1.29 is 9.53 Å². The molecule has 33 heavy (non-hydrogen) atoms. The highest BCUT2D eigenvalue weighted by molar-refractivity contribution is 6.39. The highest BCUT2D eigenvalue weighted by Gasteiger charge is 2.35. The number of halogens is 1. The number of nitrogens with zero attached hydrogens (tertiary/aromatic N) is 5. The van der Waals surface area contributed by atoms with Gasteiger partial charge in [-0.2, -0.15) is 5.10 Å². The van der Waals surface area contributed by atoms with Gasteiger partial charge in [-0.15, -0.1) is 0 Å². The lowest BCUT2D eigenvalue weighted by atomic mass is 9.95. The zero-order valence-electron chi connectivity index (χ0n) is 18.0. The maximum Gasteiger partial charge on any atom is 0.246 e. The molecule has 9 heteroatoms. The number of aromatic nitrogens is 4. The third-order valence-corrected chi connectivity index (χ3v) is 6.95. The molecule has 1 amide bonds. The Morgan fingerprint density at radius 1 is 1.33 bits per heavy atom. The van der Waals surface area contributed by atoms with Crippen molar-refractivity contribution in [2.75, 3.05) is 31.1 Å². The summed E-state index contributed by atoms with van der Waals surface area (Å²) < 4.78 is 6.33. The standard InChI is InChI=1S/C24H21ClN6O2/c1-3-19(32)30-6-7-31-14(10-30)11-33-18-8-15(22(25)23-21(18)24(31)27-12-26-23)20-13(2)4-5-17-16(20)9-28-29-17/h3-5,8-9,12,14H,1,6-7,10-11H2,2H3,(H,28,29)/t14-/m0/s1. The minimum Gasteiger partial charge on any atom is -0.490 e. The second-order valence-electron chi connectivity index (χ2n) is 8.39. The Bertz CT molecular complexity index is 1450. The zero-order valence-corrected chi connectivity index (χ0v) is 18.8. The molecule has 4 heterocycles. The van der Waals surface area contributed by atoms with E-state index < -0.39 is 0 Å². The minimum atomic E-state index is -0.0711. The van der Waals surface area contributed by atoms with Crippen LogP contribution in [0.4, 0.5) is 5.82 Å². The molecule has 0 unspecified atom stereocenters. The molecule has 2 aromatic heterocycles. The van der Waals surface area contributed by atoms with Crippen LogP contribution in [0.2, 0.25) is 5.02 Å². The fourth-order valence-electron chi connectivity index (χ4n) is 4.95. The van der Waals surface area contributed by atoms with Crippen molar-refractivity contribution >= 4 is 45.1 Å². The van der Waals surface area contributed by atoms with E-state index in [-0.39, 0.29) is 11.9 Å². The monoisotopic (exact) mass is 460 g/mol. The number of aromatic amines is 1. The van der Waals surface area contributed by atoms with Crippen LogP contribution in [0.3, 0.4) is 0 Å². The molecule has 1 atom stereocenters. The van der Waals surface area contributed by atoms with Gasteiger partial charge in [-0.3, -0.25) is 9.89 Å². The molecule has 0 saturated carbocycles. The van der Waals surface area contributed by atoms with Crippen LogP contribution in [0.5, 0.6) is 5.75 Å². The molecule has 2 aromatic carbocycles. The smallest absolute Gasteiger partial charge is 0.246 e. The summed E-state index contributed by atoms with van der Waals surface area (Å²) >= 11 is 6.99. The molecule has 8 nitrogen and oxygen atoms in total. The van der Waals surface area contributed by atoms with Crippen LogP contribution in [0.25, 0.3) is 32.9 Å². The number of hydrogen-bond donors (Lipinski definition) is 1. The van der Waals surface area contributed by atoms with Crippen molar-refractivity contribution in [1.82, 2.24) is 25.1 Å². The van der Waals surface area contributed by atoms with E-state index in [1.165, 1.54) is 6.08 Å². The molecule has 1 saturated heterocycles. The van der Waals surface area contributed by atoms with Crippen LogP contribution in [-0.4, -0.2) is 63.3 Å². The minimum absolute atomic E-state index is 0.0329. The number of benzene rings is 2. The predicted molar refractivity (Wildman–Crippen MR) is 128 cm³/mol. The van der Waals surface area contributed by atoms with E-state index in [4.69, 9.17) is 16.3 Å². The molecule has 0 spiro atoms. The number of nitrogens with one attached hydrogen (secondary N) is 1. The first-order chi connectivity index (χ1) is 16.1. The zero-order chi connectivity index (χ0) is 22.7.